The summed E-state index contributed by atoms with van der Waals surface area (Å²) in [5.41, 5.74) is 1.01. The molecule has 2 aliphatic rings. The molecule has 2 heterocycles. The molecule has 154 valence electrons. The number of hydrogen-bond donors (Lipinski definition) is 1. The van der Waals surface area contributed by atoms with Gasteiger partial charge in [0.25, 0.3) is 0 Å². The predicted octanol–water partition coefficient (Wildman–Crippen LogP) is 2.28. The van der Waals surface area contributed by atoms with Gasteiger partial charge in [-0.25, -0.2) is 9.59 Å². The van der Waals surface area contributed by atoms with Crippen LogP contribution in [0.25, 0.3) is 0 Å². The zero-order valence-electron chi connectivity index (χ0n) is 16.1. The van der Waals surface area contributed by atoms with Crippen molar-refractivity contribution < 1.29 is 33.3 Å². The number of nitrogens with one attached hydrogen (secondary N) is 1. The summed E-state index contributed by atoms with van der Waals surface area (Å²) >= 11 is 0. The number of hydrogen-bond acceptors (Lipinski definition) is 8. The van der Waals surface area contributed by atoms with E-state index in [1.807, 2.05) is 25.1 Å². The van der Waals surface area contributed by atoms with Crippen LogP contribution in [0, 0.1) is 0 Å². The highest BCUT2D eigenvalue weighted by Gasteiger charge is 2.21. The average molecular weight is 394 g/mol. The Kier molecular flexibility index (Phi) is 6.80. The molecule has 0 aliphatic carbocycles. The Morgan fingerprint density at radius 3 is 2.75 bits per heavy atom. The van der Waals surface area contributed by atoms with E-state index in [2.05, 4.69) is 5.32 Å². The molecule has 0 aromatic heterocycles. The quantitative estimate of drug-likeness (QED) is 0.580. The van der Waals surface area contributed by atoms with E-state index in [9.17, 15) is 9.59 Å². The summed E-state index contributed by atoms with van der Waals surface area (Å²) in [5.74, 6) is 1.42. The number of carbonyl (C=O) groups excluding carboxylic acids is 2. The third kappa shape index (κ3) is 5.41. The normalized spacial score (nSPS) is 16.9. The van der Waals surface area contributed by atoms with E-state index in [1.54, 1.807) is 7.05 Å². The molecule has 1 amide bonds. The molecule has 1 unspecified atom stereocenters. The fourth-order valence-corrected chi connectivity index (χ4v) is 3.04. The Labute approximate surface area is 163 Å². The van der Waals surface area contributed by atoms with Crippen LogP contribution in [0.15, 0.2) is 18.2 Å². The van der Waals surface area contributed by atoms with Crippen LogP contribution in [0.2, 0.25) is 0 Å². The first-order valence-corrected chi connectivity index (χ1v) is 9.35. The van der Waals surface area contributed by atoms with Crippen LogP contribution in [0.3, 0.4) is 0 Å². The standard InChI is InChI=1S/C19H26N2O7/c1-13(9-14-3-4-16-17(10-14)25-11-24-16)21(2)18(22)26-12-27-19(23)28-15-5-7-20-8-6-15/h3-4,10,13,15,20H,5-9,11-12H2,1-2H3. The van der Waals surface area contributed by atoms with E-state index in [4.69, 9.17) is 23.7 Å². The minimum Gasteiger partial charge on any atom is -0.454 e. The minimum absolute atomic E-state index is 0.130. The lowest BCUT2D eigenvalue weighted by molar-refractivity contribution is -0.0409. The SMILES string of the molecule is CC(Cc1ccc2c(c1)OCO2)N(C)C(=O)OCOC(=O)OC1CCNCC1. The molecular formula is C19H26N2O7. The monoisotopic (exact) mass is 394 g/mol. The zero-order valence-corrected chi connectivity index (χ0v) is 16.1. The van der Waals surface area contributed by atoms with Crippen LogP contribution < -0.4 is 14.8 Å². The molecule has 1 N–H and O–H groups in total. The maximum absolute atomic E-state index is 12.2. The molecule has 1 aromatic rings. The van der Waals surface area contributed by atoms with Gasteiger partial charge in [0.05, 0.1) is 0 Å². The van der Waals surface area contributed by atoms with E-state index in [0.717, 1.165) is 37.2 Å². The van der Waals surface area contributed by atoms with Crippen molar-refractivity contribution >= 4 is 12.2 Å². The average Bonchev–Trinajstić information content (AvgIpc) is 3.15. The maximum atomic E-state index is 12.2. The van der Waals surface area contributed by atoms with Crippen LogP contribution in [0.5, 0.6) is 11.5 Å². The Balaban J connectivity index is 1.38. The van der Waals surface area contributed by atoms with Crippen LogP contribution in [-0.2, 0) is 20.6 Å². The van der Waals surface area contributed by atoms with Gasteiger partial charge in [-0.3, -0.25) is 0 Å². The van der Waals surface area contributed by atoms with Crippen LogP contribution in [0.4, 0.5) is 9.59 Å². The number of piperidine rings is 1. The molecule has 0 bridgehead atoms. The van der Waals surface area contributed by atoms with Crippen LogP contribution in [0.1, 0.15) is 25.3 Å². The van der Waals surface area contributed by atoms with E-state index < -0.39 is 19.0 Å². The fraction of sp³-hybridized carbons (Fsp3) is 0.579. The highest BCUT2D eigenvalue weighted by Crippen LogP contribution is 2.32. The van der Waals surface area contributed by atoms with Crippen molar-refractivity contribution in [3.05, 3.63) is 23.8 Å². The third-order valence-corrected chi connectivity index (χ3v) is 4.83. The zero-order chi connectivity index (χ0) is 19.9. The third-order valence-electron chi connectivity index (χ3n) is 4.83. The maximum Gasteiger partial charge on any atom is 0.511 e. The van der Waals surface area contributed by atoms with E-state index >= 15 is 0 Å². The molecule has 1 aromatic carbocycles. The summed E-state index contributed by atoms with van der Waals surface area (Å²) in [6.45, 7) is 3.25. The molecule has 9 nitrogen and oxygen atoms in total. The van der Waals surface area contributed by atoms with Crippen molar-refractivity contribution in [2.75, 3.05) is 33.7 Å². The Morgan fingerprint density at radius 1 is 1.21 bits per heavy atom. The summed E-state index contributed by atoms with van der Waals surface area (Å²) in [4.78, 5) is 25.2. The molecule has 2 aliphatic heterocycles. The molecule has 1 saturated heterocycles. The number of fused-ring (bicyclic) bond motifs is 1. The first kappa shape index (κ1) is 20.1. The number of benzene rings is 1. The first-order valence-electron chi connectivity index (χ1n) is 9.35. The Bertz CT molecular complexity index is 691. The summed E-state index contributed by atoms with van der Waals surface area (Å²) in [7, 11) is 1.63. The van der Waals surface area contributed by atoms with Crippen LogP contribution >= 0.6 is 0 Å². The second-order valence-electron chi connectivity index (χ2n) is 6.84. The van der Waals surface area contributed by atoms with Crippen molar-refractivity contribution in [1.82, 2.24) is 10.2 Å². The van der Waals surface area contributed by atoms with Crippen molar-refractivity contribution in [3.8, 4) is 11.5 Å². The number of rotatable bonds is 6. The summed E-state index contributed by atoms with van der Waals surface area (Å²) in [5, 5.41) is 3.18. The molecule has 1 atom stereocenters. The van der Waals surface area contributed by atoms with Gasteiger partial charge in [0.2, 0.25) is 13.6 Å². The van der Waals surface area contributed by atoms with Gasteiger partial charge < -0.3 is 33.9 Å². The highest BCUT2D eigenvalue weighted by molar-refractivity contribution is 5.68. The van der Waals surface area contributed by atoms with Gasteiger partial charge in [-0.15, -0.1) is 0 Å². The number of nitrogens with zero attached hydrogens (tertiary/aromatic N) is 1. The minimum atomic E-state index is -0.823. The lowest BCUT2D eigenvalue weighted by Gasteiger charge is -2.24. The number of ether oxygens (including phenoxy) is 5. The summed E-state index contributed by atoms with van der Waals surface area (Å²) in [6, 6.07) is 5.56. The summed E-state index contributed by atoms with van der Waals surface area (Å²) in [6.07, 6.45) is 0.540. The lowest BCUT2D eigenvalue weighted by Crippen LogP contribution is -2.37. The van der Waals surface area contributed by atoms with Gasteiger partial charge in [0.15, 0.2) is 11.5 Å². The number of amides is 1. The molecular weight excluding hydrogens is 368 g/mol. The van der Waals surface area contributed by atoms with Gasteiger partial charge in [-0.05, 0) is 57.0 Å². The molecule has 0 spiro atoms. The number of carbonyl (C=O) groups is 2. The van der Waals surface area contributed by atoms with Crippen molar-refractivity contribution in [3.63, 3.8) is 0 Å². The summed E-state index contributed by atoms with van der Waals surface area (Å²) < 4.78 is 25.7. The van der Waals surface area contributed by atoms with Gasteiger partial charge >= 0.3 is 12.2 Å². The molecule has 28 heavy (non-hydrogen) atoms. The van der Waals surface area contributed by atoms with Crippen molar-refractivity contribution in [2.24, 2.45) is 0 Å². The molecule has 0 radical (unpaired) electrons. The van der Waals surface area contributed by atoms with E-state index in [0.29, 0.717) is 12.2 Å². The fourth-order valence-electron chi connectivity index (χ4n) is 3.04. The lowest BCUT2D eigenvalue weighted by atomic mass is 10.1. The van der Waals surface area contributed by atoms with Gasteiger partial charge in [-0.2, -0.15) is 0 Å². The molecule has 0 saturated carbocycles. The molecule has 9 heteroatoms. The largest absolute Gasteiger partial charge is 0.511 e. The van der Waals surface area contributed by atoms with Crippen LogP contribution in [-0.4, -0.2) is 63.0 Å². The van der Waals surface area contributed by atoms with E-state index in [-0.39, 0.29) is 18.9 Å². The highest BCUT2D eigenvalue weighted by atomic mass is 16.8. The van der Waals surface area contributed by atoms with Gasteiger partial charge in [0, 0.05) is 13.1 Å². The second kappa shape index (κ2) is 9.50. The second-order valence-corrected chi connectivity index (χ2v) is 6.84. The van der Waals surface area contributed by atoms with Gasteiger partial charge in [0.1, 0.15) is 6.10 Å². The molecule has 1 fully saturated rings. The topological polar surface area (TPSA) is 95.6 Å². The molecule has 3 rings (SSSR count). The Hall–Kier alpha value is -2.68. The predicted molar refractivity (Wildman–Crippen MR) is 98.3 cm³/mol. The van der Waals surface area contributed by atoms with E-state index in [1.165, 1.54) is 4.90 Å². The smallest absolute Gasteiger partial charge is 0.454 e. The first-order chi connectivity index (χ1) is 13.5. The van der Waals surface area contributed by atoms with Gasteiger partial charge in [-0.1, -0.05) is 6.07 Å². The number of likely N-dealkylation sites (N-methyl/N-ethyl adjacent to an activating group) is 1. The van der Waals surface area contributed by atoms with Crippen molar-refractivity contribution in [1.29, 1.82) is 0 Å². The van der Waals surface area contributed by atoms with Crippen molar-refractivity contribution in [2.45, 2.75) is 38.3 Å². The Morgan fingerprint density at radius 2 is 1.96 bits per heavy atom.